The second-order valence-electron chi connectivity index (χ2n) is 5.86. The molecule has 0 aromatic carbocycles. The summed E-state index contributed by atoms with van der Waals surface area (Å²) in [6.45, 7) is 8.34. The number of rotatable bonds is 2. The average Bonchev–Trinajstić information content (AvgIpc) is 2.38. The van der Waals surface area contributed by atoms with Crippen LogP contribution >= 0.6 is 0 Å². The molecule has 0 fully saturated rings. The molecule has 4 nitrogen and oxygen atoms in total. The SMILES string of the molecule is CC(C)(C)C1=CCN(c2cccc(C(=O)O)n2)CC1. The topological polar surface area (TPSA) is 53.4 Å². The monoisotopic (exact) mass is 260 g/mol. The molecule has 0 unspecified atom stereocenters. The van der Waals surface area contributed by atoms with Crippen molar-refractivity contribution in [3.63, 3.8) is 0 Å². The first-order chi connectivity index (χ1) is 8.88. The van der Waals surface area contributed by atoms with Crippen molar-refractivity contribution >= 4 is 11.8 Å². The van der Waals surface area contributed by atoms with E-state index in [1.165, 1.54) is 11.6 Å². The standard InChI is InChI=1S/C15H20N2O2/c1-15(2,3)11-7-9-17(10-8-11)13-6-4-5-12(16-13)14(18)19/h4-7H,8-10H2,1-3H3,(H,18,19). The zero-order valence-corrected chi connectivity index (χ0v) is 11.7. The Morgan fingerprint density at radius 1 is 1.37 bits per heavy atom. The zero-order chi connectivity index (χ0) is 14.0. The third-order valence-corrected chi connectivity index (χ3v) is 3.45. The van der Waals surface area contributed by atoms with Crippen LogP contribution in [0.3, 0.4) is 0 Å². The Morgan fingerprint density at radius 3 is 2.63 bits per heavy atom. The van der Waals surface area contributed by atoms with E-state index in [1.54, 1.807) is 6.07 Å². The van der Waals surface area contributed by atoms with Gasteiger partial charge in [-0.2, -0.15) is 0 Å². The van der Waals surface area contributed by atoms with Gasteiger partial charge in [-0.25, -0.2) is 9.78 Å². The number of aromatic nitrogens is 1. The smallest absolute Gasteiger partial charge is 0.354 e. The molecule has 0 aliphatic carbocycles. The van der Waals surface area contributed by atoms with Crippen LogP contribution in [0.15, 0.2) is 29.8 Å². The van der Waals surface area contributed by atoms with Crippen molar-refractivity contribution < 1.29 is 9.90 Å². The Labute approximate surface area is 113 Å². The van der Waals surface area contributed by atoms with Gasteiger partial charge >= 0.3 is 5.97 Å². The number of hydrogen-bond donors (Lipinski definition) is 1. The van der Waals surface area contributed by atoms with Crippen molar-refractivity contribution in [3.05, 3.63) is 35.5 Å². The van der Waals surface area contributed by atoms with E-state index in [0.29, 0.717) is 0 Å². The van der Waals surface area contributed by atoms with Gasteiger partial charge in [0, 0.05) is 13.1 Å². The minimum absolute atomic E-state index is 0.100. The molecule has 102 valence electrons. The van der Waals surface area contributed by atoms with Crippen LogP contribution in [0.2, 0.25) is 0 Å². The molecule has 1 aliphatic rings. The summed E-state index contributed by atoms with van der Waals surface area (Å²) < 4.78 is 0. The third-order valence-electron chi connectivity index (χ3n) is 3.45. The lowest BCUT2D eigenvalue weighted by atomic mass is 9.83. The molecule has 1 aromatic heterocycles. The molecule has 0 saturated carbocycles. The van der Waals surface area contributed by atoms with Gasteiger partial charge in [-0.3, -0.25) is 0 Å². The van der Waals surface area contributed by atoms with E-state index in [9.17, 15) is 4.79 Å². The molecule has 0 amide bonds. The molecule has 0 radical (unpaired) electrons. The number of hydrogen-bond acceptors (Lipinski definition) is 3. The van der Waals surface area contributed by atoms with E-state index in [-0.39, 0.29) is 11.1 Å². The van der Waals surface area contributed by atoms with Crippen LogP contribution in [0.4, 0.5) is 5.82 Å². The number of nitrogens with zero attached hydrogens (tertiary/aromatic N) is 2. The number of carboxylic acid groups (broad SMARTS) is 1. The van der Waals surface area contributed by atoms with Crippen LogP contribution in [0.1, 0.15) is 37.7 Å². The van der Waals surface area contributed by atoms with E-state index in [4.69, 9.17) is 5.11 Å². The number of anilines is 1. The first kappa shape index (κ1) is 13.6. The van der Waals surface area contributed by atoms with Crippen molar-refractivity contribution in [1.29, 1.82) is 0 Å². The Morgan fingerprint density at radius 2 is 2.11 bits per heavy atom. The number of aromatic carboxylic acids is 1. The molecule has 2 heterocycles. The van der Waals surface area contributed by atoms with Crippen LogP contribution in [-0.4, -0.2) is 29.1 Å². The van der Waals surface area contributed by atoms with E-state index in [1.807, 2.05) is 6.07 Å². The highest BCUT2D eigenvalue weighted by Gasteiger charge is 2.22. The van der Waals surface area contributed by atoms with Crippen molar-refractivity contribution in [3.8, 4) is 0 Å². The van der Waals surface area contributed by atoms with Crippen LogP contribution in [0.25, 0.3) is 0 Å². The van der Waals surface area contributed by atoms with Gasteiger partial charge in [0.15, 0.2) is 5.69 Å². The van der Waals surface area contributed by atoms with Gasteiger partial charge in [0.1, 0.15) is 5.82 Å². The van der Waals surface area contributed by atoms with Crippen molar-refractivity contribution in [1.82, 2.24) is 4.98 Å². The van der Waals surface area contributed by atoms with Gasteiger partial charge < -0.3 is 10.0 Å². The fourth-order valence-corrected chi connectivity index (χ4v) is 2.28. The van der Waals surface area contributed by atoms with Gasteiger partial charge in [0.2, 0.25) is 0 Å². The summed E-state index contributed by atoms with van der Waals surface area (Å²) in [5, 5.41) is 8.96. The first-order valence-electron chi connectivity index (χ1n) is 6.53. The predicted molar refractivity (Wildman–Crippen MR) is 75.6 cm³/mol. The number of carbonyl (C=O) groups is 1. The van der Waals surface area contributed by atoms with Gasteiger partial charge in [0.25, 0.3) is 0 Å². The van der Waals surface area contributed by atoms with Crippen LogP contribution in [-0.2, 0) is 0 Å². The average molecular weight is 260 g/mol. The summed E-state index contributed by atoms with van der Waals surface area (Å²) in [5.74, 6) is -0.242. The number of carboxylic acids is 1. The molecule has 4 heteroatoms. The van der Waals surface area contributed by atoms with Gasteiger partial charge in [-0.1, -0.05) is 38.5 Å². The van der Waals surface area contributed by atoms with Crippen molar-refractivity contribution in [2.75, 3.05) is 18.0 Å². The summed E-state index contributed by atoms with van der Waals surface area (Å²) in [6, 6.07) is 5.13. The lowest BCUT2D eigenvalue weighted by Crippen LogP contribution is -2.32. The van der Waals surface area contributed by atoms with Gasteiger partial charge in [-0.15, -0.1) is 0 Å². The summed E-state index contributed by atoms with van der Waals surface area (Å²) in [5.41, 5.74) is 1.77. The van der Waals surface area contributed by atoms with Crippen LogP contribution in [0.5, 0.6) is 0 Å². The molecule has 19 heavy (non-hydrogen) atoms. The summed E-state index contributed by atoms with van der Waals surface area (Å²) in [7, 11) is 0. The number of pyridine rings is 1. The Bertz CT molecular complexity index is 515. The van der Waals surface area contributed by atoms with Crippen LogP contribution in [0, 0.1) is 5.41 Å². The molecule has 2 rings (SSSR count). The largest absolute Gasteiger partial charge is 0.477 e. The highest BCUT2D eigenvalue weighted by atomic mass is 16.4. The fourth-order valence-electron chi connectivity index (χ4n) is 2.28. The summed E-state index contributed by atoms with van der Waals surface area (Å²) in [4.78, 5) is 17.2. The second kappa shape index (κ2) is 5.03. The molecule has 0 spiro atoms. The van der Waals surface area contributed by atoms with Crippen molar-refractivity contribution in [2.45, 2.75) is 27.2 Å². The fraction of sp³-hybridized carbons (Fsp3) is 0.467. The maximum absolute atomic E-state index is 10.9. The summed E-state index contributed by atoms with van der Waals surface area (Å²) in [6.07, 6.45) is 3.24. The second-order valence-corrected chi connectivity index (χ2v) is 5.86. The molecule has 1 aromatic rings. The lowest BCUT2D eigenvalue weighted by molar-refractivity contribution is 0.0690. The highest BCUT2D eigenvalue weighted by molar-refractivity contribution is 5.85. The quantitative estimate of drug-likeness (QED) is 0.831. The molecular formula is C15H20N2O2. The minimum Gasteiger partial charge on any atom is -0.477 e. The van der Waals surface area contributed by atoms with Gasteiger partial charge in [-0.05, 0) is 24.0 Å². The Kier molecular flexibility index (Phi) is 3.60. The highest BCUT2D eigenvalue weighted by Crippen LogP contribution is 2.31. The third kappa shape index (κ3) is 3.13. The maximum atomic E-state index is 10.9. The predicted octanol–water partition coefficient (Wildman–Crippen LogP) is 2.96. The van der Waals surface area contributed by atoms with Crippen molar-refractivity contribution in [2.24, 2.45) is 5.41 Å². The van der Waals surface area contributed by atoms with Gasteiger partial charge in [0.05, 0.1) is 0 Å². The zero-order valence-electron chi connectivity index (χ0n) is 11.7. The lowest BCUT2D eigenvalue weighted by Gasteiger charge is -2.32. The minimum atomic E-state index is -0.982. The molecule has 0 bridgehead atoms. The van der Waals surface area contributed by atoms with E-state index < -0.39 is 5.97 Å². The maximum Gasteiger partial charge on any atom is 0.354 e. The molecule has 1 N–H and O–H groups in total. The molecular weight excluding hydrogens is 240 g/mol. The first-order valence-corrected chi connectivity index (χ1v) is 6.53. The normalized spacial score (nSPS) is 16.2. The van der Waals surface area contributed by atoms with E-state index in [0.717, 1.165) is 25.3 Å². The summed E-state index contributed by atoms with van der Waals surface area (Å²) >= 11 is 0. The molecule has 0 saturated heterocycles. The molecule has 1 aliphatic heterocycles. The van der Waals surface area contributed by atoms with Crippen LogP contribution < -0.4 is 4.90 Å². The van der Waals surface area contributed by atoms with E-state index >= 15 is 0 Å². The molecule has 0 atom stereocenters. The Balaban J connectivity index is 2.16. The Hall–Kier alpha value is -1.84. The van der Waals surface area contributed by atoms with E-state index in [2.05, 4.69) is 36.7 Å².